The Labute approximate surface area is 292 Å². The van der Waals surface area contributed by atoms with Crippen molar-refractivity contribution in [3.8, 4) is 0 Å². The van der Waals surface area contributed by atoms with Gasteiger partial charge in [-0.05, 0) is 51.2 Å². The molecule has 6 atom stereocenters. The van der Waals surface area contributed by atoms with Gasteiger partial charge >= 0.3 is 5.97 Å². The number of aliphatic hydroxyl groups excluding tert-OH is 2. The Morgan fingerprint density at radius 3 is 1.60 bits per heavy atom. The molecule has 270 valence electrons. The molecule has 2 fully saturated rings. The van der Waals surface area contributed by atoms with Crippen LogP contribution in [-0.4, -0.2) is 51.4 Å². The molecule has 0 aromatic heterocycles. The molecule has 0 unspecified atom stereocenters. The largest absolute Gasteiger partial charge is 0.462 e. The zero-order chi connectivity index (χ0) is 33.6. The maximum Gasteiger partial charge on any atom is 0.322 e. The van der Waals surface area contributed by atoms with Crippen molar-refractivity contribution in [2.75, 3.05) is 0 Å². The number of carbonyl (C=O) groups excluding carboxylic acids is 1. The fourth-order valence-corrected chi connectivity index (χ4v) is 9.02. The molecule has 2 heterocycles. The molecule has 0 saturated carbocycles. The minimum Gasteiger partial charge on any atom is -0.462 e. The maximum absolute atomic E-state index is 12.8. The van der Waals surface area contributed by atoms with Gasteiger partial charge in [0.1, 0.15) is 10.9 Å². The fraction of sp³-hybridized carbons (Fsp3) is 0.829. The Hall–Kier alpha value is -1.08. The highest BCUT2D eigenvalue weighted by atomic mass is 32.2. The number of benzene rings is 1. The molecule has 47 heavy (non-hydrogen) atoms. The molecule has 0 amide bonds. The first-order valence-corrected chi connectivity index (χ1v) is 20.7. The minimum atomic E-state index is -0.423. The summed E-state index contributed by atoms with van der Waals surface area (Å²) in [5, 5.41) is 21.4. The lowest BCUT2D eigenvalue weighted by Gasteiger charge is -2.24. The van der Waals surface area contributed by atoms with Crippen LogP contribution in [0.2, 0.25) is 0 Å². The lowest BCUT2D eigenvalue weighted by molar-refractivity contribution is -0.142. The quantitative estimate of drug-likeness (QED) is 0.0680. The monoisotopic (exact) mass is 674 g/mol. The first-order valence-electron chi connectivity index (χ1n) is 19.9. The lowest BCUT2D eigenvalue weighted by atomic mass is 9.96. The van der Waals surface area contributed by atoms with Crippen molar-refractivity contribution >= 4 is 17.7 Å². The molecule has 0 radical (unpaired) electrons. The molecule has 3 rings (SSSR count). The van der Waals surface area contributed by atoms with Crippen LogP contribution in [0.15, 0.2) is 35.2 Å². The van der Waals surface area contributed by atoms with E-state index in [9.17, 15) is 15.0 Å². The van der Waals surface area contributed by atoms with E-state index in [1.807, 2.05) is 25.1 Å². The van der Waals surface area contributed by atoms with Crippen molar-refractivity contribution in [2.24, 2.45) is 0 Å². The summed E-state index contributed by atoms with van der Waals surface area (Å²) in [5.41, 5.74) is 0. The Morgan fingerprint density at radius 1 is 0.702 bits per heavy atom. The number of esters is 1. The highest BCUT2D eigenvalue weighted by Gasteiger charge is 2.48. The van der Waals surface area contributed by atoms with Gasteiger partial charge in [0.25, 0.3) is 0 Å². The highest BCUT2D eigenvalue weighted by Crippen LogP contribution is 2.46. The third-order valence-electron chi connectivity index (χ3n) is 10.5. The van der Waals surface area contributed by atoms with Gasteiger partial charge in [0.2, 0.25) is 0 Å². The summed E-state index contributed by atoms with van der Waals surface area (Å²) in [6.45, 7) is 4.28. The van der Waals surface area contributed by atoms with E-state index >= 15 is 0 Å². The van der Waals surface area contributed by atoms with Gasteiger partial charge in [0.15, 0.2) is 0 Å². The van der Waals surface area contributed by atoms with E-state index in [0.29, 0.717) is 0 Å². The van der Waals surface area contributed by atoms with Crippen molar-refractivity contribution in [2.45, 2.75) is 221 Å². The molecule has 5 nitrogen and oxygen atoms in total. The summed E-state index contributed by atoms with van der Waals surface area (Å²) in [5.74, 6) is -0.0278. The zero-order valence-corrected chi connectivity index (χ0v) is 31.0. The Morgan fingerprint density at radius 2 is 1.15 bits per heavy atom. The molecule has 2 saturated heterocycles. The number of carbonyl (C=O) groups is 1. The third-order valence-corrected chi connectivity index (χ3v) is 11.9. The second-order valence-corrected chi connectivity index (χ2v) is 16.3. The van der Waals surface area contributed by atoms with Gasteiger partial charge in [0.05, 0.1) is 24.4 Å². The van der Waals surface area contributed by atoms with Gasteiger partial charge in [-0.1, -0.05) is 154 Å². The molecule has 0 bridgehead atoms. The summed E-state index contributed by atoms with van der Waals surface area (Å²) in [6.07, 6.45) is 29.3. The number of hydrogen-bond donors (Lipinski definition) is 2. The van der Waals surface area contributed by atoms with Crippen molar-refractivity contribution in [3.05, 3.63) is 30.3 Å². The normalized spacial score (nSPS) is 24.1. The fourth-order valence-electron chi connectivity index (χ4n) is 7.58. The highest BCUT2D eigenvalue weighted by molar-refractivity contribution is 8.01. The average Bonchev–Trinajstić information content (AvgIpc) is 3.67. The summed E-state index contributed by atoms with van der Waals surface area (Å²) >= 11 is 1.70. The smallest absolute Gasteiger partial charge is 0.322 e. The topological polar surface area (TPSA) is 76.0 Å². The predicted octanol–water partition coefficient (Wildman–Crippen LogP) is 11.1. The van der Waals surface area contributed by atoms with Crippen molar-refractivity contribution in [1.29, 1.82) is 0 Å². The van der Waals surface area contributed by atoms with Crippen molar-refractivity contribution < 1.29 is 24.5 Å². The van der Waals surface area contributed by atoms with E-state index < -0.39 is 10.9 Å². The van der Waals surface area contributed by atoms with Gasteiger partial charge in [-0.3, -0.25) is 4.79 Å². The number of aliphatic hydroxyl groups is 2. The van der Waals surface area contributed by atoms with Crippen LogP contribution in [0.4, 0.5) is 0 Å². The van der Waals surface area contributed by atoms with Gasteiger partial charge in [-0.25, -0.2) is 0 Å². The first kappa shape index (κ1) is 40.4. The molecule has 6 heteroatoms. The first-order chi connectivity index (χ1) is 22.9. The second-order valence-electron chi connectivity index (χ2n) is 14.8. The number of cyclic esters (lactones) is 1. The van der Waals surface area contributed by atoms with Gasteiger partial charge in [0, 0.05) is 11.3 Å². The number of hydrogen-bond acceptors (Lipinski definition) is 6. The minimum absolute atomic E-state index is 0.00770. The van der Waals surface area contributed by atoms with E-state index in [2.05, 4.69) is 19.1 Å². The van der Waals surface area contributed by atoms with E-state index in [-0.39, 0.29) is 30.4 Å². The Kier molecular flexibility index (Phi) is 20.7. The van der Waals surface area contributed by atoms with Crippen molar-refractivity contribution in [1.82, 2.24) is 0 Å². The average molecular weight is 675 g/mol. The van der Waals surface area contributed by atoms with Gasteiger partial charge in [-0.2, -0.15) is 0 Å². The number of thioether (sulfide) groups is 1. The van der Waals surface area contributed by atoms with Crippen LogP contribution in [0, 0.1) is 0 Å². The summed E-state index contributed by atoms with van der Waals surface area (Å²) < 4.78 is 11.3. The predicted molar refractivity (Wildman–Crippen MR) is 197 cm³/mol. The van der Waals surface area contributed by atoms with Crippen LogP contribution in [0.3, 0.4) is 0 Å². The molecule has 0 spiro atoms. The van der Waals surface area contributed by atoms with E-state index in [0.717, 1.165) is 62.7 Å². The maximum atomic E-state index is 12.8. The van der Waals surface area contributed by atoms with Crippen molar-refractivity contribution in [3.63, 3.8) is 0 Å². The molecule has 1 aromatic rings. The lowest BCUT2D eigenvalue weighted by Crippen LogP contribution is -2.31. The van der Waals surface area contributed by atoms with E-state index in [1.54, 1.807) is 11.8 Å². The number of unbranched alkanes of at least 4 members (excludes halogenated alkanes) is 18. The van der Waals surface area contributed by atoms with Gasteiger partial charge in [-0.15, -0.1) is 11.8 Å². The van der Waals surface area contributed by atoms with E-state index in [1.165, 1.54) is 109 Å². The zero-order valence-electron chi connectivity index (χ0n) is 30.2. The summed E-state index contributed by atoms with van der Waals surface area (Å²) in [7, 11) is 0. The molecular formula is C41H70O5S. The van der Waals surface area contributed by atoms with Crippen LogP contribution >= 0.6 is 11.8 Å². The SMILES string of the molecule is CCCCCCCCCCCC[C@@H](O)[C@H]1CC[C@H]([C@H](O)CCCCCCCCCCCC[C@@]2(Sc3ccccc3)C[C@H](C)OC2=O)O1. The van der Waals surface area contributed by atoms with Crippen LogP contribution in [0.25, 0.3) is 0 Å². The molecule has 2 N–H and O–H groups in total. The molecule has 1 aromatic carbocycles. The third kappa shape index (κ3) is 16.0. The van der Waals surface area contributed by atoms with Crippen LogP contribution in [-0.2, 0) is 14.3 Å². The summed E-state index contributed by atoms with van der Waals surface area (Å²) in [4.78, 5) is 13.9. The van der Waals surface area contributed by atoms with E-state index in [4.69, 9.17) is 9.47 Å². The Bertz CT molecular complexity index is 928. The summed E-state index contributed by atoms with van der Waals surface area (Å²) in [6, 6.07) is 10.3. The molecular weight excluding hydrogens is 605 g/mol. The number of rotatable bonds is 28. The van der Waals surface area contributed by atoms with Crippen LogP contribution in [0.5, 0.6) is 0 Å². The second kappa shape index (κ2) is 24.1. The van der Waals surface area contributed by atoms with Crippen LogP contribution in [0.1, 0.15) is 181 Å². The van der Waals surface area contributed by atoms with Gasteiger partial charge < -0.3 is 19.7 Å². The molecule has 2 aliphatic heterocycles. The Balaban J connectivity index is 1.12. The number of ether oxygens (including phenoxy) is 2. The van der Waals surface area contributed by atoms with Crippen LogP contribution < -0.4 is 0 Å². The molecule has 2 aliphatic rings. The molecule has 0 aliphatic carbocycles. The standard InChI is InChI=1S/C41H70O5S/c1-3-4-5-6-7-8-11-14-17-23-28-36(42)38-30-31-39(46-38)37(43)29-24-18-15-12-9-10-13-16-19-25-32-41(33-34(2)45-40(41)44)47-35-26-21-20-22-27-35/h20-22,26-27,34,36-39,42-43H,3-19,23-25,28-33H2,1-2H3/t34-,36+,37+,38+,39+,41+/m0/s1.